The second kappa shape index (κ2) is 6.43. The van der Waals surface area contributed by atoms with E-state index in [1.54, 1.807) is 4.90 Å². The van der Waals surface area contributed by atoms with E-state index in [0.717, 1.165) is 12.7 Å². The Hall–Kier alpha value is -1.31. The molecular weight excluding hydrogens is 284 g/mol. The highest BCUT2D eigenvalue weighted by Gasteiger charge is 2.32. The lowest BCUT2D eigenvalue weighted by molar-refractivity contribution is -0.139. The highest BCUT2D eigenvalue weighted by atomic mass is 32.2. The minimum atomic E-state index is -3.26. The number of rotatable bonds is 5. The molecule has 2 amide bonds. The lowest BCUT2D eigenvalue weighted by Gasteiger charge is -2.24. The van der Waals surface area contributed by atoms with Crippen LogP contribution in [0.15, 0.2) is 0 Å². The standard InChI is InChI=1S/C12H22N2O5S/c1-8-6-9(2)14(7-8)12(17)13-10(11(15)16)4-5-20(3,18)19/h8-10H,4-7H2,1-3H3,(H,13,17)(H,15,16). The quantitative estimate of drug-likeness (QED) is 0.761. The summed E-state index contributed by atoms with van der Waals surface area (Å²) in [6.07, 6.45) is 1.80. The number of carbonyl (C=O) groups excluding carboxylic acids is 1. The summed E-state index contributed by atoms with van der Waals surface area (Å²) in [6, 6.07) is -1.56. The second-order valence-electron chi connectivity index (χ2n) is 5.60. The van der Waals surface area contributed by atoms with Crippen molar-refractivity contribution in [2.24, 2.45) is 5.92 Å². The Morgan fingerprint density at radius 2 is 2.00 bits per heavy atom. The molecule has 1 heterocycles. The van der Waals surface area contributed by atoms with Crippen LogP contribution in [0.2, 0.25) is 0 Å². The van der Waals surface area contributed by atoms with Gasteiger partial charge in [0.25, 0.3) is 0 Å². The molecule has 3 unspecified atom stereocenters. The first-order chi connectivity index (χ1) is 9.10. The van der Waals surface area contributed by atoms with Crippen LogP contribution in [0.1, 0.15) is 26.7 Å². The first kappa shape index (κ1) is 16.7. The number of aliphatic carboxylic acids is 1. The molecule has 0 aromatic rings. The molecule has 0 aliphatic carbocycles. The molecule has 0 aromatic carbocycles. The summed E-state index contributed by atoms with van der Waals surface area (Å²) >= 11 is 0. The molecular formula is C12H22N2O5S. The number of urea groups is 1. The topological polar surface area (TPSA) is 104 Å². The lowest BCUT2D eigenvalue weighted by Crippen LogP contribution is -2.49. The Morgan fingerprint density at radius 3 is 2.40 bits per heavy atom. The smallest absolute Gasteiger partial charge is 0.326 e. The van der Waals surface area contributed by atoms with E-state index in [1.807, 2.05) is 13.8 Å². The van der Waals surface area contributed by atoms with Crippen LogP contribution in [0.3, 0.4) is 0 Å². The van der Waals surface area contributed by atoms with Gasteiger partial charge in [0.05, 0.1) is 5.75 Å². The average molecular weight is 306 g/mol. The number of carbonyl (C=O) groups is 2. The van der Waals surface area contributed by atoms with Crippen LogP contribution < -0.4 is 5.32 Å². The Labute approximate surface area is 119 Å². The minimum absolute atomic E-state index is 0.0642. The predicted octanol–water partition coefficient (Wildman–Crippen LogP) is 0.314. The molecule has 20 heavy (non-hydrogen) atoms. The summed E-state index contributed by atoms with van der Waals surface area (Å²) in [4.78, 5) is 24.7. The van der Waals surface area contributed by atoms with E-state index in [1.165, 1.54) is 0 Å². The van der Waals surface area contributed by atoms with Crippen molar-refractivity contribution >= 4 is 21.8 Å². The lowest BCUT2D eigenvalue weighted by atomic mass is 10.1. The van der Waals surface area contributed by atoms with Crippen LogP contribution in [-0.2, 0) is 14.6 Å². The van der Waals surface area contributed by atoms with Crippen LogP contribution >= 0.6 is 0 Å². The molecule has 0 bridgehead atoms. The third-order valence-corrected chi connectivity index (χ3v) is 4.40. The molecule has 116 valence electrons. The van der Waals surface area contributed by atoms with Crippen LogP contribution in [-0.4, -0.2) is 61.1 Å². The monoisotopic (exact) mass is 306 g/mol. The molecule has 7 nitrogen and oxygen atoms in total. The maximum atomic E-state index is 12.0. The Bertz CT molecular complexity index is 476. The zero-order valence-electron chi connectivity index (χ0n) is 12.0. The number of carboxylic acid groups (broad SMARTS) is 1. The van der Waals surface area contributed by atoms with E-state index >= 15 is 0 Å². The number of nitrogens with one attached hydrogen (secondary N) is 1. The van der Waals surface area contributed by atoms with Gasteiger partial charge in [0, 0.05) is 18.8 Å². The first-order valence-corrected chi connectivity index (χ1v) is 8.64. The summed E-state index contributed by atoms with van der Waals surface area (Å²) in [5.74, 6) is -1.10. The molecule has 0 radical (unpaired) electrons. The maximum absolute atomic E-state index is 12.0. The van der Waals surface area contributed by atoms with Crippen molar-refractivity contribution < 1.29 is 23.1 Å². The molecule has 0 saturated carbocycles. The fourth-order valence-corrected chi connectivity index (χ4v) is 3.07. The van der Waals surface area contributed by atoms with Crippen molar-refractivity contribution in [1.82, 2.24) is 10.2 Å². The van der Waals surface area contributed by atoms with Crippen LogP contribution in [0.5, 0.6) is 0 Å². The Balaban J connectivity index is 2.62. The van der Waals surface area contributed by atoms with Gasteiger partial charge in [0.15, 0.2) is 0 Å². The van der Waals surface area contributed by atoms with E-state index in [2.05, 4.69) is 5.32 Å². The normalized spacial score (nSPS) is 24.4. The van der Waals surface area contributed by atoms with Gasteiger partial charge in [-0.05, 0) is 25.7 Å². The minimum Gasteiger partial charge on any atom is -0.480 e. The van der Waals surface area contributed by atoms with Crippen LogP contribution in [0, 0.1) is 5.92 Å². The predicted molar refractivity (Wildman–Crippen MR) is 74.2 cm³/mol. The van der Waals surface area contributed by atoms with E-state index in [0.29, 0.717) is 12.5 Å². The van der Waals surface area contributed by atoms with Gasteiger partial charge in [-0.25, -0.2) is 18.0 Å². The third kappa shape index (κ3) is 4.99. The van der Waals surface area contributed by atoms with Gasteiger partial charge in [-0.1, -0.05) is 6.92 Å². The number of nitrogens with zero attached hydrogens (tertiary/aromatic N) is 1. The largest absolute Gasteiger partial charge is 0.480 e. The van der Waals surface area contributed by atoms with Gasteiger partial charge in [-0.15, -0.1) is 0 Å². The number of hydrogen-bond acceptors (Lipinski definition) is 4. The van der Waals surface area contributed by atoms with E-state index in [-0.39, 0.29) is 18.2 Å². The molecule has 1 fully saturated rings. The fourth-order valence-electron chi connectivity index (χ4n) is 2.40. The fraction of sp³-hybridized carbons (Fsp3) is 0.833. The number of amides is 2. The van der Waals surface area contributed by atoms with Crippen molar-refractivity contribution in [2.45, 2.75) is 38.8 Å². The van der Waals surface area contributed by atoms with Gasteiger partial charge in [0.2, 0.25) is 0 Å². The zero-order chi connectivity index (χ0) is 15.5. The van der Waals surface area contributed by atoms with Gasteiger partial charge in [-0.3, -0.25) is 0 Å². The molecule has 1 rings (SSSR count). The van der Waals surface area contributed by atoms with E-state index in [9.17, 15) is 18.0 Å². The van der Waals surface area contributed by atoms with E-state index < -0.39 is 27.9 Å². The van der Waals surface area contributed by atoms with Gasteiger partial charge < -0.3 is 15.3 Å². The maximum Gasteiger partial charge on any atom is 0.326 e. The molecule has 1 aliphatic rings. The number of carboxylic acids is 1. The highest BCUT2D eigenvalue weighted by Crippen LogP contribution is 2.22. The van der Waals surface area contributed by atoms with Gasteiger partial charge >= 0.3 is 12.0 Å². The molecule has 2 N–H and O–H groups in total. The summed E-state index contributed by atoms with van der Waals surface area (Å²) in [5.41, 5.74) is 0. The summed E-state index contributed by atoms with van der Waals surface area (Å²) in [6.45, 7) is 4.53. The molecule has 0 spiro atoms. The van der Waals surface area contributed by atoms with Crippen molar-refractivity contribution in [3.8, 4) is 0 Å². The second-order valence-corrected chi connectivity index (χ2v) is 7.86. The number of hydrogen-bond donors (Lipinski definition) is 2. The van der Waals surface area contributed by atoms with Crippen molar-refractivity contribution in [3.05, 3.63) is 0 Å². The van der Waals surface area contributed by atoms with Crippen molar-refractivity contribution in [3.63, 3.8) is 0 Å². The summed E-state index contributed by atoms with van der Waals surface area (Å²) in [5, 5.41) is 11.5. The molecule has 1 saturated heterocycles. The van der Waals surface area contributed by atoms with Gasteiger partial charge in [-0.2, -0.15) is 0 Å². The third-order valence-electron chi connectivity index (χ3n) is 3.42. The van der Waals surface area contributed by atoms with Gasteiger partial charge in [0.1, 0.15) is 15.9 Å². The zero-order valence-corrected chi connectivity index (χ0v) is 12.8. The number of likely N-dealkylation sites (tertiary alicyclic amines) is 1. The first-order valence-electron chi connectivity index (χ1n) is 6.58. The summed E-state index contributed by atoms with van der Waals surface area (Å²) < 4.78 is 22.2. The summed E-state index contributed by atoms with van der Waals surface area (Å²) in [7, 11) is -3.26. The molecule has 8 heteroatoms. The SMILES string of the molecule is CC1CC(C)N(C(=O)NC(CCS(C)(=O)=O)C(=O)O)C1. The highest BCUT2D eigenvalue weighted by molar-refractivity contribution is 7.90. The van der Waals surface area contributed by atoms with Crippen LogP contribution in [0.25, 0.3) is 0 Å². The van der Waals surface area contributed by atoms with Crippen LogP contribution in [0.4, 0.5) is 4.79 Å². The van der Waals surface area contributed by atoms with Crippen molar-refractivity contribution in [2.75, 3.05) is 18.6 Å². The molecule has 0 aromatic heterocycles. The van der Waals surface area contributed by atoms with E-state index in [4.69, 9.17) is 5.11 Å². The Kier molecular flexibility index (Phi) is 5.38. The molecule has 3 atom stereocenters. The number of sulfone groups is 1. The van der Waals surface area contributed by atoms with Crippen molar-refractivity contribution in [1.29, 1.82) is 0 Å². The molecule has 1 aliphatic heterocycles. The average Bonchev–Trinajstić information content (AvgIpc) is 2.61. The Morgan fingerprint density at radius 1 is 1.40 bits per heavy atom.